The smallest absolute Gasteiger partial charge is 0.342 e. The fraction of sp³-hybridized carbons (Fsp3) is 0.476. The van der Waals surface area contributed by atoms with Crippen LogP contribution in [0, 0.1) is 10.1 Å². The van der Waals surface area contributed by atoms with E-state index < -0.39 is 39.2 Å². The van der Waals surface area contributed by atoms with Gasteiger partial charge in [0.15, 0.2) is 5.78 Å². The van der Waals surface area contributed by atoms with Crippen molar-refractivity contribution in [1.82, 2.24) is 0 Å². The van der Waals surface area contributed by atoms with Crippen LogP contribution in [0.1, 0.15) is 62.9 Å². The van der Waals surface area contributed by atoms with Crippen molar-refractivity contribution in [2.75, 3.05) is 6.61 Å². The van der Waals surface area contributed by atoms with Crippen molar-refractivity contribution in [1.29, 1.82) is 0 Å². The van der Waals surface area contributed by atoms with Crippen LogP contribution in [0.4, 0.5) is 5.69 Å². The zero-order valence-corrected chi connectivity index (χ0v) is 17.1. The summed E-state index contributed by atoms with van der Waals surface area (Å²) in [5.74, 6) is -2.34. The molecule has 0 unspecified atom stereocenters. The van der Waals surface area contributed by atoms with E-state index >= 15 is 0 Å². The van der Waals surface area contributed by atoms with Crippen LogP contribution in [0.5, 0.6) is 0 Å². The van der Waals surface area contributed by atoms with Crippen LogP contribution in [-0.2, 0) is 24.5 Å². The Bertz CT molecular complexity index is 876. The average molecular weight is 403 g/mol. The molecule has 0 aliphatic heterocycles. The molecule has 1 fully saturated rings. The zero-order valence-electron chi connectivity index (χ0n) is 17.1. The number of nitro groups is 1. The van der Waals surface area contributed by atoms with Gasteiger partial charge in [-0.25, -0.2) is 4.79 Å². The second-order valence-electron chi connectivity index (χ2n) is 7.92. The number of Topliss-reactive ketones (excluding diaryl/α,β-unsaturated/α-hetero) is 1. The van der Waals surface area contributed by atoms with Gasteiger partial charge in [0, 0.05) is 11.6 Å². The molecule has 0 saturated heterocycles. The van der Waals surface area contributed by atoms with Gasteiger partial charge in [0.2, 0.25) is 0 Å². The fourth-order valence-electron chi connectivity index (χ4n) is 3.34. The zero-order chi connectivity index (χ0) is 22.0. The van der Waals surface area contributed by atoms with Crippen LogP contribution in [0.15, 0.2) is 30.4 Å². The largest absolute Gasteiger partial charge is 0.465 e. The highest BCUT2D eigenvalue weighted by atomic mass is 16.6. The number of ketones is 1. The number of ether oxygens (including phenoxy) is 2. The second kappa shape index (κ2) is 8.14. The first kappa shape index (κ1) is 22.3. The number of benzene rings is 1. The Labute approximate surface area is 169 Å². The van der Waals surface area contributed by atoms with Crippen molar-refractivity contribution < 1.29 is 28.8 Å². The number of carbonyl (C=O) groups excluding carboxylic acids is 3. The van der Waals surface area contributed by atoms with Gasteiger partial charge >= 0.3 is 11.9 Å². The van der Waals surface area contributed by atoms with Crippen LogP contribution in [-0.4, -0.2) is 34.9 Å². The first-order valence-corrected chi connectivity index (χ1v) is 9.36. The third-order valence-corrected chi connectivity index (χ3v) is 4.75. The molecular weight excluding hydrogens is 378 g/mol. The Kier molecular flexibility index (Phi) is 6.25. The lowest BCUT2D eigenvalue weighted by Crippen LogP contribution is -2.45. The van der Waals surface area contributed by atoms with Gasteiger partial charge in [-0.05, 0) is 40.5 Å². The average Bonchev–Trinajstić information content (AvgIpc) is 2.58. The van der Waals surface area contributed by atoms with Crippen LogP contribution in [0.25, 0.3) is 0 Å². The molecule has 0 heterocycles. The maximum absolute atomic E-state index is 13.1. The number of hydrogen-bond acceptors (Lipinski definition) is 7. The van der Waals surface area contributed by atoms with Gasteiger partial charge in [0.1, 0.15) is 16.6 Å². The molecule has 1 aromatic carbocycles. The number of esters is 2. The summed E-state index contributed by atoms with van der Waals surface area (Å²) in [7, 11) is 0. The molecule has 1 saturated carbocycles. The molecule has 156 valence electrons. The molecule has 0 amide bonds. The minimum atomic E-state index is -1.29. The summed E-state index contributed by atoms with van der Waals surface area (Å²) in [4.78, 5) is 49.1. The highest BCUT2D eigenvalue weighted by Gasteiger charge is 2.52. The summed E-state index contributed by atoms with van der Waals surface area (Å²) in [5.41, 5.74) is -3.09. The van der Waals surface area contributed by atoms with E-state index in [1.54, 1.807) is 27.7 Å². The molecule has 0 bridgehead atoms. The Morgan fingerprint density at radius 2 is 1.86 bits per heavy atom. The molecule has 0 spiro atoms. The topological polar surface area (TPSA) is 113 Å². The van der Waals surface area contributed by atoms with Crippen LogP contribution in [0.2, 0.25) is 0 Å². The highest BCUT2D eigenvalue weighted by molar-refractivity contribution is 6.24. The predicted molar refractivity (Wildman–Crippen MR) is 105 cm³/mol. The van der Waals surface area contributed by atoms with Crippen molar-refractivity contribution in [2.45, 2.75) is 58.0 Å². The van der Waals surface area contributed by atoms with Gasteiger partial charge in [-0.1, -0.05) is 25.1 Å². The van der Waals surface area contributed by atoms with E-state index in [0.717, 1.165) is 0 Å². The normalized spacial score (nSPS) is 15.0. The lowest BCUT2D eigenvalue weighted by molar-refractivity contribution is -0.386. The van der Waals surface area contributed by atoms with Crippen molar-refractivity contribution in [3.63, 3.8) is 0 Å². The minimum absolute atomic E-state index is 0.0237. The fourth-order valence-corrected chi connectivity index (χ4v) is 3.34. The molecule has 29 heavy (non-hydrogen) atoms. The highest BCUT2D eigenvalue weighted by Crippen LogP contribution is 2.49. The summed E-state index contributed by atoms with van der Waals surface area (Å²) in [6, 6.07) is 3.94. The number of nitrogens with zero attached hydrogens (tertiary/aromatic N) is 1. The third-order valence-electron chi connectivity index (χ3n) is 4.75. The van der Waals surface area contributed by atoms with Gasteiger partial charge in [0.05, 0.1) is 17.1 Å². The maximum atomic E-state index is 13.1. The Morgan fingerprint density at radius 1 is 1.24 bits per heavy atom. The molecule has 0 atom stereocenters. The molecule has 1 aliphatic rings. The van der Waals surface area contributed by atoms with E-state index in [1.807, 2.05) is 0 Å². The summed E-state index contributed by atoms with van der Waals surface area (Å²) in [5, 5.41) is 11.7. The molecule has 2 rings (SSSR count). The number of hydrogen-bond donors (Lipinski definition) is 0. The lowest BCUT2D eigenvalue weighted by atomic mass is 9.62. The van der Waals surface area contributed by atoms with Crippen LogP contribution >= 0.6 is 0 Å². The van der Waals surface area contributed by atoms with Crippen LogP contribution in [0.3, 0.4) is 0 Å². The standard InChI is InChI=1S/C21H25NO7/c1-6-28-19(25)21(11-8-12-21)16-14(9-7-10-15(16)22(26)27)17(23)13(2)18(24)29-20(3,4)5/h7,9-10H,2,6,8,11-12H2,1,3-5H3. The Morgan fingerprint density at radius 3 is 2.31 bits per heavy atom. The number of carbonyl (C=O) groups is 3. The lowest BCUT2D eigenvalue weighted by Gasteiger charge is -2.40. The quantitative estimate of drug-likeness (QED) is 0.130. The molecular formula is C21H25NO7. The molecule has 0 radical (unpaired) electrons. The van der Waals surface area contributed by atoms with Gasteiger partial charge in [-0.2, -0.15) is 0 Å². The Balaban J connectivity index is 2.59. The molecule has 8 heteroatoms. The van der Waals surface area contributed by atoms with Crippen molar-refractivity contribution in [3.8, 4) is 0 Å². The molecule has 1 aliphatic carbocycles. The third kappa shape index (κ3) is 4.36. The molecule has 0 N–H and O–H groups in total. The van der Waals surface area contributed by atoms with Crippen molar-refractivity contribution in [2.24, 2.45) is 0 Å². The monoisotopic (exact) mass is 403 g/mol. The first-order chi connectivity index (χ1) is 13.4. The molecule has 8 nitrogen and oxygen atoms in total. The van der Waals surface area contributed by atoms with Gasteiger partial charge in [-0.15, -0.1) is 0 Å². The first-order valence-electron chi connectivity index (χ1n) is 9.36. The summed E-state index contributed by atoms with van der Waals surface area (Å²) in [6.45, 7) is 10.2. The van der Waals surface area contributed by atoms with E-state index in [9.17, 15) is 24.5 Å². The van der Waals surface area contributed by atoms with Crippen LogP contribution < -0.4 is 0 Å². The van der Waals surface area contributed by atoms with Crippen molar-refractivity contribution >= 4 is 23.4 Å². The van der Waals surface area contributed by atoms with E-state index in [1.165, 1.54) is 18.2 Å². The summed E-state index contributed by atoms with van der Waals surface area (Å²) < 4.78 is 10.3. The number of rotatable bonds is 7. The second-order valence-corrected chi connectivity index (χ2v) is 7.92. The van der Waals surface area contributed by atoms with E-state index in [4.69, 9.17) is 9.47 Å². The minimum Gasteiger partial charge on any atom is -0.465 e. The summed E-state index contributed by atoms with van der Waals surface area (Å²) >= 11 is 0. The maximum Gasteiger partial charge on any atom is 0.342 e. The van der Waals surface area contributed by atoms with Crippen molar-refractivity contribution in [3.05, 3.63) is 51.6 Å². The number of nitro benzene ring substituents is 1. The predicted octanol–water partition coefficient (Wildman–Crippen LogP) is 3.66. The van der Waals surface area contributed by atoms with E-state index in [-0.39, 0.29) is 23.4 Å². The molecule has 0 aromatic heterocycles. The van der Waals surface area contributed by atoms with Gasteiger partial charge in [-0.3, -0.25) is 19.7 Å². The van der Waals surface area contributed by atoms with Gasteiger partial charge in [0.25, 0.3) is 5.69 Å². The summed E-state index contributed by atoms with van der Waals surface area (Å²) in [6.07, 6.45) is 1.29. The van der Waals surface area contributed by atoms with E-state index in [0.29, 0.717) is 19.3 Å². The SMILES string of the molecule is C=C(C(=O)OC(C)(C)C)C(=O)c1cccc([N+](=O)[O-])c1C1(C(=O)OCC)CCC1. The van der Waals surface area contributed by atoms with E-state index in [2.05, 4.69) is 6.58 Å². The Hall–Kier alpha value is -3.03. The molecule has 1 aromatic rings. The van der Waals surface area contributed by atoms with Gasteiger partial charge < -0.3 is 9.47 Å².